The van der Waals surface area contributed by atoms with Gasteiger partial charge in [0.25, 0.3) is 5.91 Å². The number of quaternary nitrogens is 1. The molecule has 1 unspecified atom stereocenters. The van der Waals surface area contributed by atoms with Crippen molar-refractivity contribution >= 4 is 17.5 Å². The van der Waals surface area contributed by atoms with Gasteiger partial charge >= 0.3 is 0 Å². The molecule has 0 fully saturated rings. The molecular weight excluding hydrogens is 354 g/mol. The maximum Gasteiger partial charge on any atom is 0.278 e. The number of carbonyl (C=O) groups excluding carboxylic acids is 2. The molecule has 0 bridgehead atoms. The van der Waals surface area contributed by atoms with Crippen LogP contribution in [-0.2, 0) is 16.1 Å². The highest BCUT2D eigenvalue weighted by Crippen LogP contribution is 2.19. The zero-order chi connectivity index (χ0) is 20.7. The number of benzene rings is 2. The van der Waals surface area contributed by atoms with E-state index in [-0.39, 0.29) is 24.4 Å². The van der Waals surface area contributed by atoms with Gasteiger partial charge < -0.3 is 20.3 Å². The van der Waals surface area contributed by atoms with Crippen LogP contribution < -0.4 is 20.3 Å². The van der Waals surface area contributed by atoms with Crippen molar-refractivity contribution in [3.8, 4) is 5.75 Å². The number of carbonyl (C=O) groups is 2. The van der Waals surface area contributed by atoms with Crippen molar-refractivity contribution in [1.29, 1.82) is 0 Å². The Hall–Kier alpha value is -2.86. The summed E-state index contributed by atoms with van der Waals surface area (Å²) in [6, 6.07) is 13.3. The largest absolute Gasteiger partial charge is 0.497 e. The van der Waals surface area contributed by atoms with Gasteiger partial charge in [-0.05, 0) is 44.0 Å². The molecule has 0 heterocycles. The lowest BCUT2D eigenvalue weighted by Gasteiger charge is -2.21. The topological polar surface area (TPSA) is 71.9 Å². The lowest BCUT2D eigenvalue weighted by atomic mass is 10.1. The zero-order valence-electron chi connectivity index (χ0n) is 17.3. The lowest BCUT2D eigenvalue weighted by Crippen LogP contribution is -3.12. The molecule has 6 heteroatoms. The van der Waals surface area contributed by atoms with Gasteiger partial charge in [0.1, 0.15) is 12.3 Å². The second-order valence-corrected chi connectivity index (χ2v) is 7.13. The van der Waals surface area contributed by atoms with E-state index in [1.54, 1.807) is 7.11 Å². The lowest BCUT2D eigenvalue weighted by molar-refractivity contribution is -0.908. The van der Waals surface area contributed by atoms with E-state index >= 15 is 0 Å². The normalized spacial score (nSPS) is 12.8. The van der Waals surface area contributed by atoms with Gasteiger partial charge in [0.15, 0.2) is 6.04 Å². The van der Waals surface area contributed by atoms with Crippen molar-refractivity contribution in [2.75, 3.05) is 26.0 Å². The Bertz CT molecular complexity index is 815. The van der Waals surface area contributed by atoms with E-state index in [9.17, 15) is 9.59 Å². The molecule has 150 valence electrons. The van der Waals surface area contributed by atoms with Gasteiger partial charge in [0.05, 0.1) is 20.7 Å². The summed E-state index contributed by atoms with van der Waals surface area (Å²) in [5.41, 5.74) is 3.88. The van der Waals surface area contributed by atoms with Crippen LogP contribution >= 0.6 is 0 Å². The summed E-state index contributed by atoms with van der Waals surface area (Å²) in [5.74, 6) is 0.408. The first kappa shape index (κ1) is 21.4. The van der Waals surface area contributed by atoms with Crippen molar-refractivity contribution in [2.45, 2.75) is 33.4 Å². The minimum atomic E-state index is -0.292. The Morgan fingerprint density at radius 3 is 2.39 bits per heavy atom. The summed E-state index contributed by atoms with van der Waals surface area (Å²) < 4.78 is 5.24. The number of anilines is 1. The number of ether oxygens (including phenoxy) is 1. The average molecular weight is 385 g/mol. The quantitative estimate of drug-likeness (QED) is 0.645. The van der Waals surface area contributed by atoms with Crippen LogP contribution in [0.3, 0.4) is 0 Å². The Balaban J connectivity index is 1.86. The van der Waals surface area contributed by atoms with Crippen LogP contribution in [0.25, 0.3) is 0 Å². The highest BCUT2D eigenvalue weighted by molar-refractivity contribution is 5.96. The molecule has 0 saturated carbocycles. The fraction of sp³-hybridized carbons (Fsp3) is 0.364. The third kappa shape index (κ3) is 5.82. The molecule has 0 aliphatic heterocycles. The van der Waals surface area contributed by atoms with E-state index in [0.29, 0.717) is 6.54 Å². The number of nitrogens with one attached hydrogen (secondary N) is 3. The molecule has 2 atom stereocenters. The van der Waals surface area contributed by atoms with E-state index in [2.05, 4.69) is 10.6 Å². The molecule has 6 nitrogen and oxygen atoms in total. The first-order chi connectivity index (χ1) is 13.3. The SMILES string of the molecule is COc1cccc(C[NH+](C)[C@H](C)C(=O)NCC(=O)Nc2c(C)cccc2C)c1. The molecule has 0 spiro atoms. The maximum atomic E-state index is 12.5. The predicted octanol–water partition coefficient (Wildman–Crippen LogP) is 1.47. The van der Waals surface area contributed by atoms with Crippen LogP contribution in [0.2, 0.25) is 0 Å². The minimum absolute atomic E-state index is 0.0522. The van der Waals surface area contributed by atoms with E-state index < -0.39 is 0 Å². The number of likely N-dealkylation sites (N-methyl/N-ethyl adjacent to an activating group) is 1. The van der Waals surface area contributed by atoms with Crippen molar-refractivity contribution in [1.82, 2.24) is 5.32 Å². The van der Waals surface area contributed by atoms with Gasteiger partial charge in [-0.1, -0.05) is 30.3 Å². The second kappa shape index (κ2) is 9.90. The monoisotopic (exact) mass is 384 g/mol. The van der Waals surface area contributed by atoms with E-state index in [4.69, 9.17) is 4.74 Å². The molecule has 2 rings (SSSR count). The molecule has 0 saturated heterocycles. The molecule has 28 heavy (non-hydrogen) atoms. The van der Waals surface area contributed by atoms with Crippen molar-refractivity contribution in [2.24, 2.45) is 0 Å². The van der Waals surface area contributed by atoms with Crippen LogP contribution in [0.4, 0.5) is 5.69 Å². The first-order valence-corrected chi connectivity index (χ1v) is 9.40. The number of amides is 2. The summed E-state index contributed by atoms with van der Waals surface area (Å²) in [6.45, 7) is 6.37. The Morgan fingerprint density at radius 2 is 1.75 bits per heavy atom. The third-order valence-electron chi connectivity index (χ3n) is 4.92. The van der Waals surface area contributed by atoms with E-state index in [1.807, 2.05) is 70.3 Å². The molecule has 3 N–H and O–H groups in total. The Labute approximate surface area is 166 Å². The smallest absolute Gasteiger partial charge is 0.278 e. The number of hydrogen-bond acceptors (Lipinski definition) is 3. The van der Waals surface area contributed by atoms with Gasteiger partial charge in [0.2, 0.25) is 5.91 Å². The van der Waals surface area contributed by atoms with Crippen molar-refractivity contribution < 1.29 is 19.2 Å². The summed E-state index contributed by atoms with van der Waals surface area (Å²) in [6.07, 6.45) is 0. The first-order valence-electron chi connectivity index (χ1n) is 9.40. The Kier molecular flexibility index (Phi) is 7.58. The van der Waals surface area contributed by atoms with Crippen molar-refractivity contribution in [3.05, 3.63) is 59.2 Å². The summed E-state index contributed by atoms with van der Waals surface area (Å²) >= 11 is 0. The Morgan fingerprint density at radius 1 is 1.11 bits per heavy atom. The van der Waals surface area contributed by atoms with Gasteiger partial charge in [-0.3, -0.25) is 9.59 Å². The van der Waals surface area contributed by atoms with E-state index in [0.717, 1.165) is 33.0 Å². The van der Waals surface area contributed by atoms with Gasteiger partial charge in [-0.25, -0.2) is 0 Å². The highest BCUT2D eigenvalue weighted by atomic mass is 16.5. The fourth-order valence-electron chi connectivity index (χ4n) is 3.00. The van der Waals surface area contributed by atoms with Crippen LogP contribution in [0.1, 0.15) is 23.6 Å². The summed E-state index contributed by atoms with van der Waals surface area (Å²) in [4.78, 5) is 25.7. The van der Waals surface area contributed by atoms with Crippen molar-refractivity contribution in [3.63, 3.8) is 0 Å². The van der Waals surface area contributed by atoms with Gasteiger partial charge in [-0.15, -0.1) is 0 Å². The van der Waals surface area contributed by atoms with E-state index in [1.165, 1.54) is 0 Å². The minimum Gasteiger partial charge on any atom is -0.497 e. The predicted molar refractivity (Wildman–Crippen MR) is 111 cm³/mol. The molecule has 2 amide bonds. The summed E-state index contributed by atoms with van der Waals surface area (Å²) in [7, 11) is 3.59. The molecule has 2 aromatic rings. The van der Waals surface area contributed by atoms with Crippen LogP contribution in [0.15, 0.2) is 42.5 Å². The van der Waals surface area contributed by atoms with Crippen LogP contribution in [0, 0.1) is 13.8 Å². The highest BCUT2D eigenvalue weighted by Gasteiger charge is 2.22. The fourth-order valence-corrected chi connectivity index (χ4v) is 3.00. The third-order valence-corrected chi connectivity index (χ3v) is 4.92. The van der Waals surface area contributed by atoms with Gasteiger partial charge in [-0.2, -0.15) is 0 Å². The van der Waals surface area contributed by atoms with Gasteiger partial charge in [0, 0.05) is 11.3 Å². The number of aryl methyl sites for hydroxylation is 2. The second-order valence-electron chi connectivity index (χ2n) is 7.13. The van der Waals surface area contributed by atoms with Crippen LogP contribution in [-0.4, -0.2) is 38.6 Å². The number of rotatable bonds is 8. The zero-order valence-corrected chi connectivity index (χ0v) is 17.3. The average Bonchev–Trinajstić information content (AvgIpc) is 2.68. The standard InChI is InChI=1S/C22H29N3O3/c1-15-8-6-9-16(2)21(15)24-20(26)13-23-22(27)17(3)25(4)14-18-10-7-11-19(12-18)28-5/h6-12,17H,13-14H2,1-5H3,(H,23,27)(H,24,26)/p+1/t17-/m1/s1. The molecule has 0 aliphatic carbocycles. The number of para-hydroxylation sites is 1. The van der Waals surface area contributed by atoms with Crippen LogP contribution in [0.5, 0.6) is 5.75 Å². The number of hydrogen-bond donors (Lipinski definition) is 3. The molecule has 0 aliphatic rings. The summed E-state index contributed by atoms with van der Waals surface area (Å²) in [5, 5.41) is 5.61. The molecular formula is C22H30N3O3+. The molecule has 0 radical (unpaired) electrons. The molecule has 2 aromatic carbocycles. The maximum absolute atomic E-state index is 12.5. The number of methoxy groups -OCH3 is 1. The molecule has 0 aromatic heterocycles.